The van der Waals surface area contributed by atoms with Crippen molar-refractivity contribution in [3.8, 4) is 0 Å². The molecule has 10 nitrogen and oxygen atoms in total. The first-order valence-corrected chi connectivity index (χ1v) is 15.3. The van der Waals surface area contributed by atoms with Gasteiger partial charge in [-0.25, -0.2) is 9.59 Å². The van der Waals surface area contributed by atoms with Gasteiger partial charge < -0.3 is 20.1 Å². The zero-order chi connectivity index (χ0) is 29.3. The molecular weight excluding hydrogens is 613 g/mol. The van der Waals surface area contributed by atoms with Crippen LogP contribution in [-0.2, 0) is 34.7 Å². The SMILES string of the molecule is CC1C=C(C(=O)OCC(Cl)(Cl)Cl)N2C(=O)C(NC(=O)C(NC(=O)OC(C)(C)C)c3ccc(S(C)=O)cc3)[C@H]2S1. The Morgan fingerprint density at radius 3 is 2.31 bits per heavy atom. The Kier molecular flexibility index (Phi) is 9.91. The van der Waals surface area contributed by atoms with Crippen molar-refractivity contribution in [2.45, 2.75) is 64.7 Å². The van der Waals surface area contributed by atoms with Gasteiger partial charge in [0.1, 0.15) is 35.4 Å². The highest BCUT2D eigenvalue weighted by Crippen LogP contribution is 2.41. The molecule has 1 aromatic rings. The van der Waals surface area contributed by atoms with Crippen LogP contribution < -0.4 is 10.6 Å². The highest BCUT2D eigenvalue weighted by atomic mass is 35.6. The second-order valence-electron chi connectivity index (χ2n) is 9.77. The molecule has 3 rings (SSSR count). The van der Waals surface area contributed by atoms with Gasteiger partial charge in [-0.05, 0) is 51.5 Å². The molecule has 1 aromatic carbocycles. The third-order valence-electron chi connectivity index (χ3n) is 5.39. The lowest BCUT2D eigenvalue weighted by molar-refractivity contribution is -0.153. The summed E-state index contributed by atoms with van der Waals surface area (Å²) in [6.45, 7) is 6.35. The molecule has 214 valence electrons. The Hall–Kier alpha value is -1.99. The quantitative estimate of drug-likeness (QED) is 0.263. The fourth-order valence-electron chi connectivity index (χ4n) is 3.76. The number of benzene rings is 1. The summed E-state index contributed by atoms with van der Waals surface area (Å²) < 4.78 is 20.3. The second kappa shape index (κ2) is 12.3. The van der Waals surface area contributed by atoms with Gasteiger partial charge in [0.25, 0.3) is 5.91 Å². The zero-order valence-corrected chi connectivity index (χ0v) is 25.6. The fourth-order valence-corrected chi connectivity index (χ4v) is 5.77. The molecule has 3 amide bonds. The number of hydrogen-bond acceptors (Lipinski definition) is 8. The maximum absolute atomic E-state index is 13.4. The van der Waals surface area contributed by atoms with Crippen LogP contribution in [0.3, 0.4) is 0 Å². The highest BCUT2D eigenvalue weighted by Gasteiger charge is 2.54. The molecule has 0 bridgehead atoms. The van der Waals surface area contributed by atoms with Crippen molar-refractivity contribution in [1.29, 1.82) is 0 Å². The lowest BCUT2D eigenvalue weighted by Gasteiger charge is -2.50. The van der Waals surface area contributed by atoms with E-state index < -0.39 is 68.1 Å². The first kappa shape index (κ1) is 31.5. The summed E-state index contributed by atoms with van der Waals surface area (Å²) >= 11 is 18.3. The highest BCUT2D eigenvalue weighted by molar-refractivity contribution is 8.00. The molecule has 39 heavy (non-hydrogen) atoms. The molecule has 2 heterocycles. The number of halogens is 3. The summed E-state index contributed by atoms with van der Waals surface area (Å²) in [5.74, 6) is -2.06. The second-order valence-corrected chi connectivity index (χ2v) is 15.2. The van der Waals surface area contributed by atoms with Crippen molar-refractivity contribution in [2.24, 2.45) is 0 Å². The molecule has 1 saturated heterocycles. The molecule has 15 heteroatoms. The molecule has 0 saturated carbocycles. The molecule has 2 aliphatic rings. The number of nitrogens with one attached hydrogen (secondary N) is 2. The summed E-state index contributed by atoms with van der Waals surface area (Å²) in [7, 11) is -1.24. The number of carbonyl (C=O) groups is 4. The Balaban J connectivity index is 1.79. The number of fused-ring (bicyclic) bond motifs is 1. The average Bonchev–Trinajstić information content (AvgIpc) is 2.82. The van der Waals surface area contributed by atoms with E-state index in [2.05, 4.69) is 10.6 Å². The van der Waals surface area contributed by atoms with Crippen LogP contribution in [0, 0.1) is 0 Å². The van der Waals surface area contributed by atoms with Gasteiger partial charge in [0.2, 0.25) is 9.70 Å². The first-order valence-electron chi connectivity index (χ1n) is 11.6. The zero-order valence-electron chi connectivity index (χ0n) is 21.7. The Morgan fingerprint density at radius 2 is 1.77 bits per heavy atom. The summed E-state index contributed by atoms with van der Waals surface area (Å²) in [6.07, 6.45) is 2.24. The minimum absolute atomic E-state index is 0.0115. The average molecular weight is 641 g/mol. The van der Waals surface area contributed by atoms with E-state index in [1.54, 1.807) is 51.1 Å². The van der Waals surface area contributed by atoms with E-state index in [0.29, 0.717) is 10.5 Å². The first-order chi connectivity index (χ1) is 18.0. The Labute approximate surface area is 247 Å². The Bertz CT molecular complexity index is 1200. The number of esters is 1. The molecule has 0 radical (unpaired) electrons. The van der Waals surface area contributed by atoms with Crippen molar-refractivity contribution in [2.75, 3.05) is 12.9 Å². The number of ether oxygens (including phenoxy) is 2. The van der Waals surface area contributed by atoms with E-state index in [9.17, 15) is 23.4 Å². The van der Waals surface area contributed by atoms with Crippen LogP contribution in [0.1, 0.15) is 39.3 Å². The van der Waals surface area contributed by atoms with Crippen LogP contribution >= 0.6 is 46.6 Å². The van der Waals surface area contributed by atoms with Gasteiger partial charge in [-0.2, -0.15) is 0 Å². The van der Waals surface area contributed by atoms with Gasteiger partial charge in [-0.1, -0.05) is 46.9 Å². The van der Waals surface area contributed by atoms with Gasteiger partial charge in [0.15, 0.2) is 0 Å². The number of amides is 3. The number of β-lactam (4-membered cyclic amide) rings is 1. The lowest BCUT2D eigenvalue weighted by Crippen LogP contribution is -2.71. The summed E-state index contributed by atoms with van der Waals surface area (Å²) in [6, 6.07) is 4.07. The van der Waals surface area contributed by atoms with Gasteiger partial charge in [-0.15, -0.1) is 11.8 Å². The van der Waals surface area contributed by atoms with Gasteiger partial charge >= 0.3 is 12.1 Å². The monoisotopic (exact) mass is 639 g/mol. The predicted octanol–water partition coefficient (Wildman–Crippen LogP) is 3.58. The lowest BCUT2D eigenvalue weighted by atomic mass is 10.0. The normalized spacial score (nSPS) is 22.5. The topological polar surface area (TPSA) is 131 Å². The van der Waals surface area contributed by atoms with Crippen LogP contribution in [0.2, 0.25) is 0 Å². The van der Waals surface area contributed by atoms with Crippen LogP contribution in [0.25, 0.3) is 0 Å². The number of thioether (sulfide) groups is 1. The number of alkyl halides is 3. The molecule has 1 fully saturated rings. The van der Waals surface area contributed by atoms with E-state index in [1.165, 1.54) is 22.9 Å². The van der Waals surface area contributed by atoms with E-state index in [-0.39, 0.29) is 10.9 Å². The molecule has 2 aliphatic heterocycles. The van der Waals surface area contributed by atoms with Crippen molar-refractivity contribution in [3.63, 3.8) is 0 Å². The number of carbonyl (C=O) groups excluding carboxylic acids is 4. The van der Waals surface area contributed by atoms with Crippen LogP contribution in [0.5, 0.6) is 0 Å². The minimum atomic E-state index is -1.82. The summed E-state index contributed by atoms with van der Waals surface area (Å²) in [5.41, 5.74) is -0.444. The smallest absolute Gasteiger partial charge is 0.408 e. The van der Waals surface area contributed by atoms with E-state index in [0.717, 1.165) is 0 Å². The largest absolute Gasteiger partial charge is 0.456 e. The van der Waals surface area contributed by atoms with Gasteiger partial charge in [0.05, 0.1) is 0 Å². The third kappa shape index (κ3) is 8.26. The molecule has 0 aromatic heterocycles. The van der Waals surface area contributed by atoms with Gasteiger partial charge in [-0.3, -0.25) is 18.7 Å². The summed E-state index contributed by atoms with van der Waals surface area (Å²) in [5, 5.41) is 4.41. The molecule has 4 unspecified atom stereocenters. The predicted molar refractivity (Wildman–Crippen MR) is 150 cm³/mol. The van der Waals surface area contributed by atoms with Crippen LogP contribution in [0.15, 0.2) is 40.9 Å². The van der Waals surface area contributed by atoms with E-state index in [1.807, 2.05) is 6.92 Å². The number of rotatable bonds is 7. The van der Waals surface area contributed by atoms with Crippen LogP contribution in [-0.4, -0.2) is 71.9 Å². The molecule has 0 spiro atoms. The molecule has 5 atom stereocenters. The van der Waals surface area contributed by atoms with Crippen molar-refractivity contribution in [3.05, 3.63) is 41.6 Å². The number of nitrogens with zero attached hydrogens (tertiary/aromatic N) is 1. The Morgan fingerprint density at radius 1 is 1.15 bits per heavy atom. The molecule has 2 N–H and O–H groups in total. The third-order valence-corrected chi connectivity index (χ3v) is 7.98. The maximum atomic E-state index is 13.4. The van der Waals surface area contributed by atoms with Crippen molar-refractivity contribution >= 4 is 81.2 Å². The molecular formula is C24H28Cl3N3O7S2. The maximum Gasteiger partial charge on any atom is 0.408 e. The van der Waals surface area contributed by atoms with E-state index in [4.69, 9.17) is 44.3 Å². The molecule has 0 aliphatic carbocycles. The van der Waals surface area contributed by atoms with Crippen molar-refractivity contribution in [1.82, 2.24) is 15.5 Å². The van der Waals surface area contributed by atoms with E-state index >= 15 is 0 Å². The number of alkyl carbamates (subject to hydrolysis) is 1. The van der Waals surface area contributed by atoms with Crippen molar-refractivity contribution < 1.29 is 32.9 Å². The fraction of sp³-hybridized carbons (Fsp3) is 0.500. The standard InChI is InChI=1S/C24H28Cl3N3O7S2/c1-12-10-15(21(33)36-11-24(25,26)27)30-19(32)17(20(30)38-12)28-18(31)16(29-22(34)37-23(2,3)4)13-6-8-14(9-7-13)39(5)35/h6-10,12,16-17,20H,11H2,1-5H3,(H,28,31)(H,29,34)/t12?,16?,17?,20-,39?/m1/s1. The number of hydrogen-bond donors (Lipinski definition) is 2. The van der Waals surface area contributed by atoms with Crippen LogP contribution in [0.4, 0.5) is 4.79 Å². The summed E-state index contributed by atoms with van der Waals surface area (Å²) in [4.78, 5) is 53.4. The van der Waals surface area contributed by atoms with Gasteiger partial charge in [0, 0.05) is 27.2 Å². The minimum Gasteiger partial charge on any atom is -0.456 e.